The van der Waals surface area contributed by atoms with Crippen molar-refractivity contribution in [3.8, 4) is 22.8 Å². The lowest BCUT2D eigenvalue weighted by Crippen LogP contribution is -2.49. The van der Waals surface area contributed by atoms with E-state index in [1.807, 2.05) is 17.8 Å². The van der Waals surface area contributed by atoms with Gasteiger partial charge in [-0.25, -0.2) is 0 Å². The van der Waals surface area contributed by atoms with Crippen LogP contribution >= 0.6 is 0 Å². The maximum atomic E-state index is 5.87. The van der Waals surface area contributed by atoms with E-state index in [0.717, 1.165) is 48.8 Å². The van der Waals surface area contributed by atoms with E-state index in [-0.39, 0.29) is 5.54 Å². The van der Waals surface area contributed by atoms with Crippen LogP contribution in [0.2, 0.25) is 0 Å². The van der Waals surface area contributed by atoms with Crippen LogP contribution in [0.3, 0.4) is 0 Å². The molecule has 1 aromatic carbocycles. The molecule has 0 spiro atoms. The van der Waals surface area contributed by atoms with Crippen LogP contribution in [0, 0.1) is 0 Å². The Hall–Kier alpha value is -2.05. The molecule has 0 saturated carbocycles. The van der Waals surface area contributed by atoms with Gasteiger partial charge in [0.15, 0.2) is 11.5 Å². The molecule has 29 heavy (non-hydrogen) atoms. The summed E-state index contributed by atoms with van der Waals surface area (Å²) in [4.78, 5) is 2.58. The van der Waals surface area contributed by atoms with E-state index >= 15 is 0 Å². The zero-order valence-corrected chi connectivity index (χ0v) is 18.2. The van der Waals surface area contributed by atoms with E-state index in [1.165, 1.54) is 18.4 Å². The third-order valence-electron chi connectivity index (χ3n) is 5.95. The van der Waals surface area contributed by atoms with Crippen LogP contribution in [0.15, 0.2) is 24.4 Å². The predicted octanol–water partition coefficient (Wildman–Crippen LogP) is 3.60. The molecule has 1 saturated heterocycles. The number of benzene rings is 1. The highest BCUT2D eigenvalue weighted by atomic mass is 16.5. The Labute approximate surface area is 174 Å². The molecule has 2 aromatic rings. The van der Waals surface area contributed by atoms with Gasteiger partial charge in [0.05, 0.1) is 18.9 Å². The van der Waals surface area contributed by atoms with Crippen LogP contribution in [-0.2, 0) is 13.6 Å². The Morgan fingerprint density at radius 2 is 1.83 bits per heavy atom. The number of nitrogens with one attached hydrogen (secondary N) is 1. The largest absolute Gasteiger partial charge is 0.490 e. The molecule has 2 aliphatic heterocycles. The first-order valence-corrected chi connectivity index (χ1v) is 10.8. The topological polar surface area (TPSA) is 51.6 Å². The third-order valence-corrected chi connectivity index (χ3v) is 5.95. The van der Waals surface area contributed by atoms with Crippen molar-refractivity contribution in [1.82, 2.24) is 20.0 Å². The fraction of sp³-hybridized carbons (Fsp3) is 0.609. The average molecular weight is 399 g/mol. The molecule has 1 N–H and O–H groups in total. The Kier molecular flexibility index (Phi) is 5.83. The van der Waals surface area contributed by atoms with Crippen molar-refractivity contribution in [2.24, 2.45) is 7.05 Å². The van der Waals surface area contributed by atoms with Crippen LogP contribution < -0.4 is 14.8 Å². The lowest BCUT2D eigenvalue weighted by molar-refractivity contribution is 0.0960. The number of fused-ring (bicyclic) bond motifs is 1. The summed E-state index contributed by atoms with van der Waals surface area (Å²) >= 11 is 0. The van der Waals surface area contributed by atoms with Crippen molar-refractivity contribution >= 4 is 0 Å². The van der Waals surface area contributed by atoms with Crippen LogP contribution in [0.25, 0.3) is 11.3 Å². The smallest absolute Gasteiger partial charge is 0.161 e. The lowest BCUT2D eigenvalue weighted by Gasteiger charge is -2.41. The van der Waals surface area contributed by atoms with Gasteiger partial charge < -0.3 is 14.8 Å². The van der Waals surface area contributed by atoms with E-state index in [1.54, 1.807) is 0 Å². The summed E-state index contributed by atoms with van der Waals surface area (Å²) in [6.07, 6.45) is 5.42. The van der Waals surface area contributed by atoms with Crippen LogP contribution in [0.5, 0.6) is 11.5 Å². The summed E-state index contributed by atoms with van der Waals surface area (Å²) in [5.41, 5.74) is 3.58. The van der Waals surface area contributed by atoms with E-state index in [2.05, 4.69) is 49.3 Å². The average Bonchev–Trinajstić information content (AvgIpc) is 2.91. The molecule has 3 heterocycles. The number of likely N-dealkylation sites (tertiary alicyclic amines) is 1. The van der Waals surface area contributed by atoms with Gasteiger partial charge in [0.1, 0.15) is 0 Å². The van der Waals surface area contributed by atoms with Crippen molar-refractivity contribution in [1.29, 1.82) is 0 Å². The number of aromatic nitrogens is 2. The monoisotopic (exact) mass is 398 g/mol. The molecule has 6 nitrogen and oxygen atoms in total. The summed E-state index contributed by atoms with van der Waals surface area (Å²) < 4.78 is 13.5. The summed E-state index contributed by atoms with van der Waals surface area (Å²) in [7, 11) is 1.98. The van der Waals surface area contributed by atoms with E-state index in [4.69, 9.17) is 14.6 Å². The van der Waals surface area contributed by atoms with E-state index in [0.29, 0.717) is 19.3 Å². The van der Waals surface area contributed by atoms with Crippen molar-refractivity contribution in [3.05, 3.63) is 30.0 Å². The first kappa shape index (κ1) is 20.2. The van der Waals surface area contributed by atoms with Gasteiger partial charge in [-0.15, -0.1) is 0 Å². The highest BCUT2D eigenvalue weighted by Gasteiger charge is 2.27. The highest BCUT2D eigenvalue weighted by molar-refractivity contribution is 5.66. The predicted molar refractivity (Wildman–Crippen MR) is 115 cm³/mol. The number of aryl methyl sites for hydroxylation is 1. The molecule has 6 heteroatoms. The summed E-state index contributed by atoms with van der Waals surface area (Å²) in [6, 6.07) is 6.71. The second-order valence-electron chi connectivity index (χ2n) is 9.20. The van der Waals surface area contributed by atoms with Gasteiger partial charge in [0.2, 0.25) is 0 Å². The van der Waals surface area contributed by atoms with Crippen LogP contribution in [-0.4, -0.2) is 52.6 Å². The Balaban J connectivity index is 1.44. The molecule has 1 aromatic heterocycles. The third kappa shape index (κ3) is 4.75. The Morgan fingerprint density at radius 3 is 2.55 bits per heavy atom. The molecule has 1 fully saturated rings. The molecule has 158 valence electrons. The van der Waals surface area contributed by atoms with Crippen LogP contribution in [0.1, 0.15) is 45.6 Å². The molecule has 0 aliphatic carbocycles. The van der Waals surface area contributed by atoms with Gasteiger partial charge in [-0.05, 0) is 51.8 Å². The minimum Gasteiger partial charge on any atom is -0.490 e. The normalized spacial score (nSPS) is 18.6. The SMILES string of the molecule is Cn1cc(CNC2CCN(C(C)(C)C)CC2)c(-c2ccc3c(c2)OCCCO3)n1. The van der Waals surface area contributed by atoms with Crippen molar-refractivity contribution in [3.63, 3.8) is 0 Å². The highest BCUT2D eigenvalue weighted by Crippen LogP contribution is 2.34. The molecule has 0 bridgehead atoms. The lowest BCUT2D eigenvalue weighted by atomic mass is 9.98. The first-order valence-electron chi connectivity index (χ1n) is 10.8. The second-order valence-corrected chi connectivity index (χ2v) is 9.20. The Bertz CT molecular complexity index is 832. The summed E-state index contributed by atoms with van der Waals surface area (Å²) in [5, 5.41) is 8.50. The summed E-state index contributed by atoms with van der Waals surface area (Å²) in [6.45, 7) is 11.5. The molecule has 0 atom stereocenters. The molecule has 2 aliphatic rings. The van der Waals surface area contributed by atoms with Crippen molar-refractivity contribution in [2.75, 3.05) is 26.3 Å². The maximum Gasteiger partial charge on any atom is 0.161 e. The fourth-order valence-electron chi connectivity index (χ4n) is 4.23. The minimum absolute atomic E-state index is 0.263. The van der Waals surface area contributed by atoms with Gasteiger partial charge in [-0.3, -0.25) is 9.58 Å². The van der Waals surface area contributed by atoms with Gasteiger partial charge in [-0.1, -0.05) is 0 Å². The number of hydrogen-bond donors (Lipinski definition) is 1. The van der Waals surface area contributed by atoms with Crippen LogP contribution in [0.4, 0.5) is 0 Å². The molecular weight excluding hydrogens is 364 g/mol. The maximum absolute atomic E-state index is 5.87. The number of hydrogen-bond acceptors (Lipinski definition) is 5. The number of piperidine rings is 1. The molecule has 0 amide bonds. The molecule has 0 radical (unpaired) electrons. The molecule has 4 rings (SSSR count). The number of nitrogens with zero attached hydrogens (tertiary/aromatic N) is 3. The summed E-state index contributed by atoms with van der Waals surface area (Å²) in [5.74, 6) is 1.64. The fourth-order valence-corrected chi connectivity index (χ4v) is 4.23. The first-order chi connectivity index (χ1) is 13.9. The zero-order chi connectivity index (χ0) is 20.4. The number of ether oxygens (including phenoxy) is 2. The van der Waals surface area contributed by atoms with Gasteiger partial charge in [-0.2, -0.15) is 5.10 Å². The van der Waals surface area contributed by atoms with Gasteiger partial charge in [0.25, 0.3) is 0 Å². The zero-order valence-electron chi connectivity index (χ0n) is 18.2. The minimum atomic E-state index is 0.263. The standard InChI is InChI=1S/C23H34N4O2/c1-23(2,3)27-10-8-19(9-11-27)24-15-18-16-26(4)25-22(18)17-6-7-20-21(14-17)29-13-5-12-28-20/h6-7,14,16,19,24H,5,8-13,15H2,1-4H3. The van der Waals surface area contributed by atoms with Crippen molar-refractivity contribution < 1.29 is 9.47 Å². The molecule has 0 unspecified atom stereocenters. The van der Waals surface area contributed by atoms with Gasteiger partial charge in [0, 0.05) is 62.0 Å². The van der Waals surface area contributed by atoms with E-state index in [9.17, 15) is 0 Å². The Morgan fingerprint density at radius 1 is 1.10 bits per heavy atom. The number of rotatable bonds is 4. The van der Waals surface area contributed by atoms with Gasteiger partial charge >= 0.3 is 0 Å². The van der Waals surface area contributed by atoms with Crippen molar-refractivity contribution in [2.45, 2.75) is 58.2 Å². The quantitative estimate of drug-likeness (QED) is 0.853. The molecular formula is C23H34N4O2. The van der Waals surface area contributed by atoms with E-state index < -0.39 is 0 Å². The second kappa shape index (κ2) is 8.36.